The minimum absolute atomic E-state index is 0.0101. The molecule has 0 unspecified atom stereocenters. The van der Waals surface area contributed by atoms with E-state index in [1.165, 1.54) is 26.9 Å². The fourth-order valence-electron chi connectivity index (χ4n) is 4.52. The van der Waals surface area contributed by atoms with Crippen LogP contribution in [0.3, 0.4) is 0 Å². The third kappa shape index (κ3) is 4.39. The highest BCUT2D eigenvalue weighted by molar-refractivity contribution is 7.89. The van der Waals surface area contributed by atoms with Crippen molar-refractivity contribution in [1.29, 1.82) is 0 Å². The van der Waals surface area contributed by atoms with Gasteiger partial charge in [-0.05, 0) is 30.3 Å². The van der Waals surface area contributed by atoms with E-state index < -0.39 is 26.0 Å². The number of primary amides is 1. The lowest BCUT2D eigenvalue weighted by molar-refractivity contribution is 0.100. The number of rotatable bonds is 6. The van der Waals surface area contributed by atoms with Gasteiger partial charge in [0.2, 0.25) is 20.0 Å². The highest BCUT2D eigenvalue weighted by Crippen LogP contribution is 2.37. The molecule has 3 heterocycles. The van der Waals surface area contributed by atoms with Crippen molar-refractivity contribution < 1.29 is 26.4 Å². The largest absolute Gasteiger partial charge is 0.493 e. The first-order valence-corrected chi connectivity index (χ1v) is 14.5. The second-order valence-electron chi connectivity index (χ2n) is 8.66. The van der Waals surface area contributed by atoms with Crippen molar-refractivity contribution in [2.45, 2.75) is 11.3 Å². The fourth-order valence-corrected chi connectivity index (χ4v) is 6.79. The Labute approximate surface area is 209 Å². The molecule has 0 spiro atoms. The van der Waals surface area contributed by atoms with E-state index in [1.807, 2.05) is 18.2 Å². The number of pyridine rings is 1. The van der Waals surface area contributed by atoms with Gasteiger partial charge in [0.1, 0.15) is 5.75 Å². The van der Waals surface area contributed by atoms with E-state index in [-0.39, 0.29) is 36.6 Å². The van der Waals surface area contributed by atoms with Crippen LogP contribution in [0.4, 0.5) is 11.4 Å². The van der Waals surface area contributed by atoms with Gasteiger partial charge in [-0.3, -0.25) is 9.78 Å². The minimum atomic E-state index is -3.93. The van der Waals surface area contributed by atoms with Crippen molar-refractivity contribution in [2.75, 3.05) is 44.4 Å². The Morgan fingerprint density at radius 2 is 1.78 bits per heavy atom. The maximum absolute atomic E-state index is 13.4. The third-order valence-electron chi connectivity index (χ3n) is 6.41. The molecule has 0 aliphatic carbocycles. The summed E-state index contributed by atoms with van der Waals surface area (Å²) in [5, 5.41) is 3.69. The average Bonchev–Trinajstić information content (AvgIpc) is 3.33. The van der Waals surface area contributed by atoms with Gasteiger partial charge in [-0.1, -0.05) is 6.07 Å². The number of benzene rings is 2. The summed E-state index contributed by atoms with van der Waals surface area (Å²) in [6.45, 7) is 0.769. The molecule has 2 aliphatic heterocycles. The summed E-state index contributed by atoms with van der Waals surface area (Å²) in [7, 11) is -7.33. The highest BCUT2D eigenvalue weighted by Gasteiger charge is 2.32. The van der Waals surface area contributed by atoms with Gasteiger partial charge in [0, 0.05) is 55.4 Å². The number of carbonyl (C=O) groups excluding carboxylic acids is 1. The van der Waals surface area contributed by atoms with Gasteiger partial charge < -0.3 is 15.8 Å². The molecule has 5 rings (SSSR count). The molecule has 0 radical (unpaired) electrons. The van der Waals surface area contributed by atoms with Crippen molar-refractivity contribution in [1.82, 2.24) is 13.6 Å². The number of anilines is 2. The summed E-state index contributed by atoms with van der Waals surface area (Å²) in [5.74, 6) is 0.0383. The number of hydrogen-bond acceptors (Lipinski definition) is 8. The Kier molecular flexibility index (Phi) is 6.11. The molecule has 13 heteroatoms. The van der Waals surface area contributed by atoms with Gasteiger partial charge in [-0.2, -0.15) is 8.61 Å². The van der Waals surface area contributed by atoms with Gasteiger partial charge >= 0.3 is 0 Å². The first-order chi connectivity index (χ1) is 17.1. The van der Waals surface area contributed by atoms with Gasteiger partial charge in [-0.15, -0.1) is 0 Å². The van der Waals surface area contributed by atoms with E-state index >= 15 is 0 Å². The number of nitrogens with one attached hydrogen (secondary N) is 1. The maximum Gasteiger partial charge on any atom is 0.252 e. The zero-order chi connectivity index (χ0) is 25.7. The molecule has 0 saturated carbocycles. The predicted octanol–water partition coefficient (Wildman–Crippen LogP) is 1.28. The molecule has 1 saturated heterocycles. The van der Waals surface area contributed by atoms with E-state index in [0.717, 1.165) is 23.3 Å². The third-order valence-corrected chi connectivity index (χ3v) is 9.61. The Hall–Kier alpha value is -3.26. The van der Waals surface area contributed by atoms with Crippen molar-refractivity contribution in [3.63, 3.8) is 0 Å². The van der Waals surface area contributed by atoms with Crippen LogP contribution < -0.4 is 15.8 Å². The molecule has 36 heavy (non-hydrogen) atoms. The van der Waals surface area contributed by atoms with Crippen LogP contribution in [0, 0.1) is 0 Å². The van der Waals surface area contributed by atoms with Crippen LogP contribution in [0.15, 0.2) is 47.5 Å². The standard InChI is InChI=1S/C23H25N5O6S2/c1-35(30,31)27-8-10-28(11-9-27)36(32,33)15-5-6-19-17(13-15)22(18(14-25-19)23(24)29)26-20-3-2-4-21-16(20)7-12-34-21/h2-6,13-14H,7-12H2,1H3,(H2,24,29)(H,25,26). The lowest BCUT2D eigenvalue weighted by Crippen LogP contribution is -2.50. The van der Waals surface area contributed by atoms with Gasteiger partial charge in [0.25, 0.3) is 5.91 Å². The molecule has 1 aromatic heterocycles. The van der Waals surface area contributed by atoms with E-state index in [1.54, 1.807) is 6.07 Å². The second kappa shape index (κ2) is 9.00. The number of sulfonamides is 2. The molecule has 3 N–H and O–H groups in total. The minimum Gasteiger partial charge on any atom is -0.493 e. The molecule has 0 atom stereocenters. The molecule has 0 bridgehead atoms. The highest BCUT2D eigenvalue weighted by atomic mass is 32.2. The van der Waals surface area contributed by atoms with Crippen LogP contribution in [0.25, 0.3) is 10.9 Å². The van der Waals surface area contributed by atoms with Crippen molar-refractivity contribution in [3.05, 3.63) is 53.7 Å². The molecule has 2 aromatic carbocycles. The second-order valence-corrected chi connectivity index (χ2v) is 12.6. The number of nitrogens with two attached hydrogens (primary N) is 1. The Morgan fingerprint density at radius 3 is 2.47 bits per heavy atom. The maximum atomic E-state index is 13.4. The predicted molar refractivity (Wildman–Crippen MR) is 134 cm³/mol. The van der Waals surface area contributed by atoms with Crippen LogP contribution in [0.1, 0.15) is 15.9 Å². The number of ether oxygens (including phenoxy) is 1. The molecule has 1 fully saturated rings. The number of fused-ring (bicyclic) bond motifs is 2. The first-order valence-electron chi connectivity index (χ1n) is 11.3. The Bertz CT molecular complexity index is 1580. The van der Waals surface area contributed by atoms with E-state index in [2.05, 4.69) is 10.3 Å². The number of hydrogen-bond donors (Lipinski definition) is 2. The number of aromatic nitrogens is 1. The summed E-state index contributed by atoms with van der Waals surface area (Å²) in [4.78, 5) is 16.6. The Morgan fingerprint density at radius 1 is 1.06 bits per heavy atom. The van der Waals surface area contributed by atoms with Gasteiger partial charge in [0.05, 0.1) is 34.5 Å². The van der Waals surface area contributed by atoms with Crippen molar-refractivity contribution in [3.8, 4) is 5.75 Å². The van der Waals surface area contributed by atoms with Crippen LogP contribution in [0.2, 0.25) is 0 Å². The molecular formula is C23H25N5O6S2. The van der Waals surface area contributed by atoms with E-state index in [0.29, 0.717) is 29.6 Å². The van der Waals surface area contributed by atoms with Gasteiger partial charge in [0.15, 0.2) is 0 Å². The molecule has 2 aliphatic rings. The quantitative estimate of drug-likeness (QED) is 0.483. The zero-order valence-corrected chi connectivity index (χ0v) is 21.1. The van der Waals surface area contributed by atoms with Crippen molar-refractivity contribution >= 4 is 48.2 Å². The lowest BCUT2D eigenvalue weighted by atomic mass is 10.1. The number of piperazine rings is 1. The monoisotopic (exact) mass is 531 g/mol. The fraction of sp³-hybridized carbons (Fsp3) is 0.304. The molecule has 1 amide bonds. The number of carbonyl (C=O) groups is 1. The van der Waals surface area contributed by atoms with Crippen LogP contribution >= 0.6 is 0 Å². The molecule has 11 nitrogen and oxygen atoms in total. The topological polar surface area (TPSA) is 152 Å². The van der Waals surface area contributed by atoms with Gasteiger partial charge in [-0.25, -0.2) is 16.8 Å². The van der Waals surface area contributed by atoms with E-state index in [9.17, 15) is 21.6 Å². The summed E-state index contributed by atoms with van der Waals surface area (Å²) in [5.41, 5.74) is 8.27. The zero-order valence-electron chi connectivity index (χ0n) is 19.5. The number of nitrogens with zero attached hydrogens (tertiary/aromatic N) is 3. The van der Waals surface area contributed by atoms with Crippen LogP contribution in [-0.2, 0) is 26.5 Å². The van der Waals surface area contributed by atoms with Crippen LogP contribution in [-0.4, -0.2) is 75.4 Å². The first kappa shape index (κ1) is 24.4. The average molecular weight is 532 g/mol. The normalized spacial score (nSPS) is 17.0. The summed E-state index contributed by atoms with van der Waals surface area (Å²) in [6.07, 6.45) is 3.16. The van der Waals surface area contributed by atoms with Crippen LogP contribution in [0.5, 0.6) is 5.75 Å². The van der Waals surface area contributed by atoms with Crippen molar-refractivity contribution in [2.24, 2.45) is 5.73 Å². The smallest absolute Gasteiger partial charge is 0.252 e. The molecule has 3 aromatic rings. The summed E-state index contributed by atoms with van der Waals surface area (Å²) in [6, 6.07) is 10.0. The Balaban J connectivity index is 1.56. The lowest BCUT2D eigenvalue weighted by Gasteiger charge is -2.32. The SMILES string of the molecule is CS(=O)(=O)N1CCN(S(=O)(=O)c2ccc3ncc(C(N)=O)c(Nc4cccc5c4CCO5)c3c2)CC1. The molecule has 190 valence electrons. The summed E-state index contributed by atoms with van der Waals surface area (Å²) >= 11 is 0. The molecular weight excluding hydrogens is 506 g/mol. The summed E-state index contributed by atoms with van der Waals surface area (Å²) < 4.78 is 58.6. The van der Waals surface area contributed by atoms with E-state index in [4.69, 9.17) is 10.5 Å². The number of amides is 1.